The summed E-state index contributed by atoms with van der Waals surface area (Å²) in [5, 5.41) is 10.4. The molecule has 21 heavy (non-hydrogen) atoms. The molecular weight excluding hydrogens is 722 g/mol. The van der Waals surface area contributed by atoms with Crippen molar-refractivity contribution in [3.05, 3.63) is 48.3 Å². The lowest BCUT2D eigenvalue weighted by atomic mass is 10.0. The summed E-state index contributed by atoms with van der Waals surface area (Å²) in [6.45, 7) is 0. The van der Waals surface area contributed by atoms with Crippen LogP contribution in [0.1, 0.15) is 5.56 Å². The maximum Gasteiger partial charge on any atom is 0.209 e. The fourth-order valence-electron chi connectivity index (χ4n) is 2.09. The minimum Gasteiger partial charge on any atom is -0.454 e. The molecule has 0 bridgehead atoms. The zero-order valence-electron chi connectivity index (χ0n) is 10.0. The molecule has 3 nitrogen and oxygen atoms in total. The Morgan fingerprint density at radius 1 is 1.05 bits per heavy atom. The highest BCUT2D eigenvalue weighted by molar-refractivity contribution is 14.1. The number of fused-ring (bicyclic) bond motifs is 2. The molecule has 0 amide bonds. The van der Waals surface area contributed by atoms with Gasteiger partial charge >= 0.3 is 0 Å². The molecule has 2 aliphatic rings. The van der Waals surface area contributed by atoms with Crippen molar-refractivity contribution in [2.75, 3.05) is 0 Å². The minimum atomic E-state index is -0.0591. The molecule has 3 rings (SSSR count). The number of hydrogen-bond acceptors (Lipinski definition) is 3. The fourth-order valence-corrected chi connectivity index (χ4v) is 5.83. The van der Waals surface area contributed by atoms with Gasteiger partial charge in [0.2, 0.25) is 5.43 Å². The molecule has 7 heteroatoms. The second-order valence-electron chi connectivity index (χ2n) is 4.23. The lowest BCUT2D eigenvalue weighted by molar-refractivity contribution is 0.612. The molecule has 0 radical (unpaired) electrons. The predicted molar refractivity (Wildman–Crippen MR) is 115 cm³/mol. The third kappa shape index (κ3) is 2.69. The molecule has 1 aliphatic carbocycles. The van der Waals surface area contributed by atoms with Gasteiger partial charge in [-0.1, -0.05) is 0 Å². The van der Waals surface area contributed by atoms with E-state index >= 15 is 0 Å². The normalized spacial score (nSPS) is 11.0. The van der Waals surface area contributed by atoms with E-state index in [0.29, 0.717) is 29.6 Å². The summed E-state index contributed by atoms with van der Waals surface area (Å²) in [5.41, 5.74) is 1.84. The maximum atomic E-state index is 12.1. The molecule has 1 aromatic rings. The first kappa shape index (κ1) is 16.2. The Morgan fingerprint density at radius 3 is 2.43 bits per heavy atom. The molecule has 1 aromatic carbocycles. The Labute approximate surface area is 174 Å². The standard InChI is InChI=1S/C14H3I4NO2/c15-5-1-6-8(4-19)7-3-9(16)12(20)11(18)14(7)21-13(6)10(17)2-5/h1-3H. The Morgan fingerprint density at radius 2 is 1.76 bits per heavy atom. The maximum absolute atomic E-state index is 12.1. The first-order valence-electron chi connectivity index (χ1n) is 5.57. The number of nitrogens with zero attached hydrogens (tertiary/aromatic N) is 1. The largest absolute Gasteiger partial charge is 0.454 e. The van der Waals surface area contributed by atoms with Gasteiger partial charge in [0.25, 0.3) is 0 Å². The highest BCUT2D eigenvalue weighted by atomic mass is 127. The van der Waals surface area contributed by atoms with Gasteiger partial charge in [-0.25, -0.2) is 0 Å². The molecular formula is C14H3I4NO2. The van der Waals surface area contributed by atoms with Gasteiger partial charge in [0, 0.05) is 14.5 Å². The van der Waals surface area contributed by atoms with E-state index in [9.17, 15) is 10.1 Å². The Balaban J connectivity index is 2.67. The Hall–Kier alpha value is 0.320. The van der Waals surface area contributed by atoms with E-state index in [0.717, 1.165) is 12.5 Å². The Kier molecular flexibility index (Phi) is 4.69. The summed E-state index contributed by atoms with van der Waals surface area (Å²) in [6.07, 6.45) is 0. The van der Waals surface area contributed by atoms with E-state index in [2.05, 4.69) is 51.3 Å². The molecule has 1 aliphatic heterocycles. The SMILES string of the molecule is N#Cc1c2cc(I)c(=O)c(I)c-2oc2c(I)cc(I)cc12. The molecule has 104 valence electrons. The third-order valence-corrected chi connectivity index (χ3v) is 6.20. The van der Waals surface area contributed by atoms with Crippen LogP contribution in [0.3, 0.4) is 0 Å². The van der Waals surface area contributed by atoms with E-state index in [1.165, 1.54) is 0 Å². The minimum absolute atomic E-state index is 0.0591. The van der Waals surface area contributed by atoms with Gasteiger partial charge in [-0.15, -0.1) is 0 Å². The summed E-state index contributed by atoms with van der Waals surface area (Å²) in [6, 6.07) is 7.92. The van der Waals surface area contributed by atoms with Crippen molar-refractivity contribution < 1.29 is 4.42 Å². The number of halogens is 4. The topological polar surface area (TPSA) is 54.0 Å². The van der Waals surface area contributed by atoms with Crippen molar-refractivity contribution in [3.8, 4) is 17.4 Å². The van der Waals surface area contributed by atoms with E-state index in [-0.39, 0.29) is 5.43 Å². The predicted octanol–water partition coefficient (Wildman–Crippen LogP) is 5.19. The highest BCUT2D eigenvalue weighted by Gasteiger charge is 2.22. The number of benzene rings is 2. The van der Waals surface area contributed by atoms with Gasteiger partial charge in [0.05, 0.1) is 12.7 Å². The van der Waals surface area contributed by atoms with Crippen LogP contribution in [0.15, 0.2) is 27.4 Å². The molecule has 1 heterocycles. The number of rotatable bonds is 0. The molecule has 0 fully saturated rings. The van der Waals surface area contributed by atoms with Crippen LogP contribution in [0, 0.1) is 25.6 Å². The fraction of sp³-hybridized carbons (Fsp3) is 0. The van der Waals surface area contributed by atoms with E-state index in [1.807, 2.05) is 57.3 Å². The van der Waals surface area contributed by atoms with Gasteiger partial charge in [0.15, 0.2) is 5.76 Å². The van der Waals surface area contributed by atoms with Crippen LogP contribution in [0.5, 0.6) is 0 Å². The lowest BCUT2D eigenvalue weighted by Gasteiger charge is -2.13. The smallest absolute Gasteiger partial charge is 0.209 e. The summed E-state index contributed by atoms with van der Waals surface area (Å²) in [4.78, 5) is 12.1. The lowest BCUT2D eigenvalue weighted by Crippen LogP contribution is -2.12. The molecule has 0 spiro atoms. The van der Waals surface area contributed by atoms with Crippen molar-refractivity contribution in [3.63, 3.8) is 0 Å². The van der Waals surface area contributed by atoms with E-state index in [4.69, 9.17) is 4.42 Å². The molecule has 0 atom stereocenters. The van der Waals surface area contributed by atoms with Gasteiger partial charge < -0.3 is 4.42 Å². The zero-order chi connectivity index (χ0) is 15.3. The number of hydrogen-bond donors (Lipinski definition) is 0. The molecule has 0 aromatic heterocycles. The van der Waals surface area contributed by atoms with Crippen molar-refractivity contribution in [1.29, 1.82) is 5.26 Å². The first-order chi connectivity index (χ1) is 9.93. The summed E-state index contributed by atoms with van der Waals surface area (Å²) in [5.74, 6) is 0.490. The third-order valence-electron chi connectivity index (χ3n) is 2.99. The van der Waals surface area contributed by atoms with Gasteiger partial charge in [-0.3, -0.25) is 4.79 Å². The van der Waals surface area contributed by atoms with Crippen LogP contribution in [0.2, 0.25) is 0 Å². The number of nitriles is 1. The summed E-state index contributed by atoms with van der Waals surface area (Å²) < 4.78 is 9.05. The van der Waals surface area contributed by atoms with Crippen LogP contribution in [-0.4, -0.2) is 0 Å². The average Bonchev–Trinajstić information content (AvgIpc) is 2.43. The quantitative estimate of drug-likeness (QED) is 0.237. The van der Waals surface area contributed by atoms with Crippen LogP contribution in [-0.2, 0) is 0 Å². The van der Waals surface area contributed by atoms with Crippen LogP contribution >= 0.6 is 90.4 Å². The molecule has 0 N–H and O–H groups in total. The first-order valence-corrected chi connectivity index (χ1v) is 9.89. The van der Waals surface area contributed by atoms with Crippen LogP contribution < -0.4 is 5.43 Å². The zero-order valence-corrected chi connectivity index (χ0v) is 18.6. The Bertz CT molecular complexity index is 972. The average molecular weight is 725 g/mol. The monoisotopic (exact) mass is 725 g/mol. The van der Waals surface area contributed by atoms with Crippen molar-refractivity contribution >= 4 is 101 Å². The van der Waals surface area contributed by atoms with Crippen LogP contribution in [0.4, 0.5) is 0 Å². The second-order valence-corrected chi connectivity index (χ2v) is 8.88. The van der Waals surface area contributed by atoms with Crippen molar-refractivity contribution in [2.24, 2.45) is 0 Å². The van der Waals surface area contributed by atoms with Gasteiger partial charge in [-0.05, 0) is 109 Å². The van der Waals surface area contributed by atoms with Crippen molar-refractivity contribution in [2.45, 2.75) is 0 Å². The summed E-state index contributed by atoms with van der Waals surface area (Å²) in [7, 11) is 0. The second kappa shape index (κ2) is 6.08. The van der Waals surface area contributed by atoms with Crippen molar-refractivity contribution in [1.82, 2.24) is 0 Å². The highest BCUT2D eigenvalue weighted by Crippen LogP contribution is 2.37. The molecule has 0 saturated carbocycles. The van der Waals surface area contributed by atoms with E-state index in [1.54, 1.807) is 6.07 Å². The molecule has 0 unspecified atom stereocenters. The summed E-state index contributed by atoms with van der Waals surface area (Å²) >= 11 is 8.39. The molecule has 0 saturated heterocycles. The van der Waals surface area contributed by atoms with E-state index < -0.39 is 0 Å². The van der Waals surface area contributed by atoms with Gasteiger partial charge in [0.1, 0.15) is 15.2 Å². The van der Waals surface area contributed by atoms with Crippen LogP contribution in [0.25, 0.3) is 22.3 Å². The van der Waals surface area contributed by atoms with Gasteiger partial charge in [-0.2, -0.15) is 5.26 Å².